The first kappa shape index (κ1) is 14.5. The fourth-order valence-electron chi connectivity index (χ4n) is 2.75. The monoisotopic (exact) mass is 266 g/mol. The fraction of sp³-hybridized carbons (Fsp3) is 0.857. The Balaban J connectivity index is 2.05. The van der Waals surface area contributed by atoms with Crippen LogP contribution in [-0.4, -0.2) is 27.5 Å². The van der Waals surface area contributed by atoms with Gasteiger partial charge in [-0.25, -0.2) is 0 Å². The van der Waals surface area contributed by atoms with Crippen molar-refractivity contribution in [1.29, 1.82) is 0 Å². The van der Waals surface area contributed by atoms with E-state index < -0.39 is 0 Å². The van der Waals surface area contributed by atoms with Gasteiger partial charge in [0.15, 0.2) is 0 Å². The van der Waals surface area contributed by atoms with Gasteiger partial charge in [-0.05, 0) is 46.5 Å². The number of nitrogens with two attached hydrogens (primary N) is 1. The van der Waals surface area contributed by atoms with Crippen molar-refractivity contribution in [1.82, 2.24) is 14.8 Å². The van der Waals surface area contributed by atoms with Gasteiger partial charge in [0.1, 0.15) is 11.6 Å². The van der Waals surface area contributed by atoms with Crippen LogP contribution in [0, 0.1) is 0 Å². The average molecular weight is 266 g/mol. The standard InChI is InChI=1S/C14H26N4O/c1-14(2,3)18-12(16-17-13(18)10-15)8-7-11-6-4-5-9-19-11/h11H,4-10,15H2,1-3H3. The second-order valence-corrected chi connectivity index (χ2v) is 6.27. The van der Waals surface area contributed by atoms with E-state index in [2.05, 4.69) is 35.5 Å². The number of nitrogens with zero attached hydrogens (tertiary/aromatic N) is 3. The van der Waals surface area contributed by atoms with Crippen LogP contribution in [-0.2, 0) is 23.2 Å². The van der Waals surface area contributed by atoms with Gasteiger partial charge < -0.3 is 15.0 Å². The van der Waals surface area contributed by atoms with Crippen LogP contribution < -0.4 is 5.73 Å². The van der Waals surface area contributed by atoms with Gasteiger partial charge in [-0.15, -0.1) is 10.2 Å². The molecule has 2 heterocycles. The Morgan fingerprint density at radius 3 is 2.58 bits per heavy atom. The van der Waals surface area contributed by atoms with Crippen LogP contribution in [0.1, 0.15) is 58.1 Å². The average Bonchev–Trinajstić information content (AvgIpc) is 2.80. The molecule has 1 aromatic heterocycles. The lowest BCUT2D eigenvalue weighted by Crippen LogP contribution is -2.28. The molecule has 1 saturated heterocycles. The third-order valence-electron chi connectivity index (χ3n) is 3.61. The molecule has 1 aromatic rings. The molecule has 1 aliphatic rings. The predicted octanol–water partition coefficient (Wildman–Crippen LogP) is 1.99. The van der Waals surface area contributed by atoms with Gasteiger partial charge in [0, 0.05) is 18.6 Å². The van der Waals surface area contributed by atoms with Gasteiger partial charge in [0.2, 0.25) is 0 Å². The second kappa shape index (κ2) is 6.01. The van der Waals surface area contributed by atoms with Crippen molar-refractivity contribution in [3.8, 4) is 0 Å². The van der Waals surface area contributed by atoms with Gasteiger partial charge in [-0.3, -0.25) is 0 Å². The zero-order chi connectivity index (χ0) is 13.9. The van der Waals surface area contributed by atoms with Crippen LogP contribution in [0.25, 0.3) is 0 Å². The maximum Gasteiger partial charge on any atom is 0.147 e. The molecule has 5 heteroatoms. The van der Waals surface area contributed by atoms with Crippen molar-refractivity contribution >= 4 is 0 Å². The molecule has 0 aliphatic carbocycles. The summed E-state index contributed by atoms with van der Waals surface area (Å²) in [6, 6.07) is 0. The number of ether oxygens (including phenoxy) is 1. The molecular formula is C14H26N4O. The van der Waals surface area contributed by atoms with E-state index >= 15 is 0 Å². The van der Waals surface area contributed by atoms with E-state index in [0.29, 0.717) is 12.6 Å². The molecule has 0 spiro atoms. The van der Waals surface area contributed by atoms with Crippen LogP contribution in [0.3, 0.4) is 0 Å². The zero-order valence-electron chi connectivity index (χ0n) is 12.4. The summed E-state index contributed by atoms with van der Waals surface area (Å²) in [7, 11) is 0. The summed E-state index contributed by atoms with van der Waals surface area (Å²) in [4.78, 5) is 0. The number of aromatic nitrogens is 3. The Labute approximate surface area is 115 Å². The minimum Gasteiger partial charge on any atom is -0.378 e. The van der Waals surface area contributed by atoms with Crippen LogP contribution in [0.15, 0.2) is 0 Å². The summed E-state index contributed by atoms with van der Waals surface area (Å²) < 4.78 is 7.95. The summed E-state index contributed by atoms with van der Waals surface area (Å²) >= 11 is 0. The predicted molar refractivity (Wildman–Crippen MR) is 74.8 cm³/mol. The Morgan fingerprint density at radius 2 is 2.00 bits per heavy atom. The molecule has 0 amide bonds. The lowest BCUT2D eigenvalue weighted by atomic mass is 10.0. The first-order valence-corrected chi connectivity index (χ1v) is 7.27. The van der Waals surface area contributed by atoms with E-state index in [1.54, 1.807) is 0 Å². The minimum absolute atomic E-state index is 0.0268. The number of aryl methyl sites for hydroxylation is 1. The Morgan fingerprint density at radius 1 is 1.26 bits per heavy atom. The van der Waals surface area contributed by atoms with Gasteiger partial charge in [-0.1, -0.05) is 0 Å². The maximum absolute atomic E-state index is 5.78. The Hall–Kier alpha value is -0.940. The van der Waals surface area contributed by atoms with E-state index in [1.807, 2.05) is 0 Å². The quantitative estimate of drug-likeness (QED) is 0.905. The summed E-state index contributed by atoms with van der Waals surface area (Å²) in [5, 5.41) is 8.53. The lowest BCUT2D eigenvalue weighted by molar-refractivity contribution is 0.0109. The molecular weight excluding hydrogens is 240 g/mol. The van der Waals surface area contributed by atoms with Gasteiger partial charge in [0.25, 0.3) is 0 Å². The second-order valence-electron chi connectivity index (χ2n) is 6.27. The number of hydrogen-bond acceptors (Lipinski definition) is 4. The molecule has 0 saturated carbocycles. The van der Waals surface area contributed by atoms with E-state index in [1.165, 1.54) is 19.3 Å². The van der Waals surface area contributed by atoms with E-state index in [0.717, 1.165) is 31.1 Å². The van der Waals surface area contributed by atoms with Crippen LogP contribution >= 0.6 is 0 Å². The summed E-state index contributed by atoms with van der Waals surface area (Å²) in [6.07, 6.45) is 5.98. The number of hydrogen-bond donors (Lipinski definition) is 1. The van der Waals surface area contributed by atoms with Crippen LogP contribution in [0.4, 0.5) is 0 Å². The highest BCUT2D eigenvalue weighted by Gasteiger charge is 2.23. The highest BCUT2D eigenvalue weighted by atomic mass is 16.5. The molecule has 5 nitrogen and oxygen atoms in total. The molecule has 1 unspecified atom stereocenters. The smallest absolute Gasteiger partial charge is 0.147 e. The molecule has 1 atom stereocenters. The molecule has 19 heavy (non-hydrogen) atoms. The fourth-order valence-corrected chi connectivity index (χ4v) is 2.75. The molecule has 0 bridgehead atoms. The minimum atomic E-state index is -0.0268. The SMILES string of the molecule is CC(C)(C)n1c(CN)nnc1CCC1CCCCO1. The molecule has 2 N–H and O–H groups in total. The van der Waals surface area contributed by atoms with Crippen molar-refractivity contribution in [2.45, 2.75) is 71.1 Å². The first-order chi connectivity index (χ1) is 9.02. The van der Waals surface area contributed by atoms with Crippen LogP contribution in [0.2, 0.25) is 0 Å². The number of rotatable bonds is 4. The molecule has 0 radical (unpaired) electrons. The molecule has 0 aromatic carbocycles. The van der Waals surface area contributed by atoms with Gasteiger partial charge in [-0.2, -0.15) is 0 Å². The molecule has 108 valence electrons. The normalized spacial score (nSPS) is 20.7. The first-order valence-electron chi connectivity index (χ1n) is 7.27. The summed E-state index contributed by atoms with van der Waals surface area (Å²) in [5.41, 5.74) is 5.72. The highest BCUT2D eigenvalue weighted by molar-refractivity contribution is 5.01. The van der Waals surface area contributed by atoms with Gasteiger partial charge in [0.05, 0.1) is 12.6 Å². The summed E-state index contributed by atoms with van der Waals surface area (Å²) in [5.74, 6) is 1.90. The van der Waals surface area contributed by atoms with Crippen molar-refractivity contribution in [3.05, 3.63) is 11.6 Å². The van der Waals surface area contributed by atoms with Crippen molar-refractivity contribution in [3.63, 3.8) is 0 Å². The van der Waals surface area contributed by atoms with Crippen LogP contribution in [0.5, 0.6) is 0 Å². The Bertz CT molecular complexity index is 402. The van der Waals surface area contributed by atoms with E-state index in [4.69, 9.17) is 10.5 Å². The van der Waals surface area contributed by atoms with E-state index in [-0.39, 0.29) is 5.54 Å². The maximum atomic E-state index is 5.78. The van der Waals surface area contributed by atoms with Crippen molar-refractivity contribution in [2.24, 2.45) is 5.73 Å². The van der Waals surface area contributed by atoms with Crippen molar-refractivity contribution in [2.75, 3.05) is 6.61 Å². The molecule has 1 fully saturated rings. The molecule has 2 rings (SSSR count). The summed E-state index contributed by atoms with van der Waals surface area (Å²) in [6.45, 7) is 7.83. The van der Waals surface area contributed by atoms with Crippen molar-refractivity contribution < 1.29 is 4.74 Å². The van der Waals surface area contributed by atoms with E-state index in [9.17, 15) is 0 Å². The zero-order valence-corrected chi connectivity index (χ0v) is 12.4. The van der Waals surface area contributed by atoms with Gasteiger partial charge >= 0.3 is 0 Å². The third kappa shape index (κ3) is 3.54. The lowest BCUT2D eigenvalue weighted by Gasteiger charge is -2.26. The largest absolute Gasteiger partial charge is 0.378 e. The highest BCUT2D eigenvalue weighted by Crippen LogP contribution is 2.22. The third-order valence-corrected chi connectivity index (χ3v) is 3.61. The molecule has 1 aliphatic heterocycles. The Kier molecular flexibility index (Phi) is 4.58. The topological polar surface area (TPSA) is 66.0 Å².